The van der Waals surface area contributed by atoms with Crippen LogP contribution < -0.4 is 11.1 Å². The third-order valence-corrected chi connectivity index (χ3v) is 2.81. The summed E-state index contributed by atoms with van der Waals surface area (Å²) < 4.78 is 18.2. The summed E-state index contributed by atoms with van der Waals surface area (Å²) in [7, 11) is 1.22. The highest BCUT2D eigenvalue weighted by atomic mass is 19.1. The lowest BCUT2D eigenvalue weighted by Crippen LogP contribution is -2.14. The fourth-order valence-electron chi connectivity index (χ4n) is 1.69. The average Bonchev–Trinajstić information content (AvgIpc) is 2.49. The molecule has 0 aliphatic carbocycles. The van der Waals surface area contributed by atoms with Gasteiger partial charge in [-0.25, -0.2) is 9.18 Å². The second kappa shape index (κ2) is 6.04. The van der Waals surface area contributed by atoms with Crippen molar-refractivity contribution in [3.63, 3.8) is 0 Å². The highest BCUT2D eigenvalue weighted by Crippen LogP contribution is 2.18. The highest BCUT2D eigenvalue weighted by Gasteiger charge is 2.13. The zero-order valence-electron chi connectivity index (χ0n) is 11.2. The summed E-state index contributed by atoms with van der Waals surface area (Å²) in [5.41, 5.74) is 6.42. The van der Waals surface area contributed by atoms with Gasteiger partial charge in [0.1, 0.15) is 5.82 Å². The van der Waals surface area contributed by atoms with E-state index in [0.717, 1.165) is 6.07 Å². The van der Waals surface area contributed by atoms with E-state index < -0.39 is 17.7 Å². The Morgan fingerprint density at radius 2 is 1.71 bits per heavy atom. The van der Waals surface area contributed by atoms with Gasteiger partial charge in [-0.2, -0.15) is 0 Å². The topological polar surface area (TPSA) is 81.4 Å². The van der Waals surface area contributed by atoms with E-state index in [1.807, 2.05) is 0 Å². The van der Waals surface area contributed by atoms with Gasteiger partial charge < -0.3 is 15.8 Å². The third kappa shape index (κ3) is 3.36. The van der Waals surface area contributed by atoms with Gasteiger partial charge in [-0.15, -0.1) is 0 Å². The monoisotopic (exact) mass is 288 g/mol. The number of nitrogens with two attached hydrogens (primary N) is 1. The summed E-state index contributed by atoms with van der Waals surface area (Å²) in [5.74, 6) is -1.76. The maximum atomic E-state index is 13.7. The lowest BCUT2D eigenvalue weighted by Gasteiger charge is -2.08. The molecule has 0 atom stereocenters. The largest absolute Gasteiger partial charge is 0.465 e. The van der Waals surface area contributed by atoms with Gasteiger partial charge in [0, 0.05) is 11.3 Å². The number of amides is 1. The highest BCUT2D eigenvalue weighted by molar-refractivity contribution is 6.05. The van der Waals surface area contributed by atoms with Crippen LogP contribution in [0.5, 0.6) is 0 Å². The molecule has 0 spiro atoms. The number of rotatable bonds is 3. The smallest absolute Gasteiger partial charge is 0.337 e. The van der Waals surface area contributed by atoms with E-state index in [0.29, 0.717) is 11.3 Å². The van der Waals surface area contributed by atoms with E-state index in [2.05, 4.69) is 10.1 Å². The Labute approximate surface area is 120 Å². The first-order valence-electron chi connectivity index (χ1n) is 6.06. The normalized spacial score (nSPS) is 10.0. The van der Waals surface area contributed by atoms with Crippen molar-refractivity contribution in [1.29, 1.82) is 0 Å². The van der Waals surface area contributed by atoms with E-state index in [1.165, 1.54) is 31.4 Å². The van der Waals surface area contributed by atoms with E-state index in [9.17, 15) is 14.0 Å². The summed E-state index contributed by atoms with van der Waals surface area (Å²) in [4.78, 5) is 23.4. The van der Waals surface area contributed by atoms with Crippen molar-refractivity contribution in [1.82, 2.24) is 0 Å². The number of esters is 1. The summed E-state index contributed by atoms with van der Waals surface area (Å²) >= 11 is 0. The van der Waals surface area contributed by atoms with E-state index in [-0.39, 0.29) is 11.3 Å². The number of anilines is 2. The number of carbonyl (C=O) groups is 2. The van der Waals surface area contributed by atoms with Gasteiger partial charge in [-0.1, -0.05) is 0 Å². The van der Waals surface area contributed by atoms with Gasteiger partial charge in [0.2, 0.25) is 0 Å². The number of halogens is 1. The third-order valence-electron chi connectivity index (χ3n) is 2.81. The minimum Gasteiger partial charge on any atom is -0.465 e. The molecule has 0 saturated heterocycles. The van der Waals surface area contributed by atoms with Crippen molar-refractivity contribution >= 4 is 23.3 Å². The first-order chi connectivity index (χ1) is 10.0. The second-order valence-electron chi connectivity index (χ2n) is 4.26. The summed E-state index contributed by atoms with van der Waals surface area (Å²) in [6.45, 7) is 0. The lowest BCUT2D eigenvalue weighted by atomic mass is 10.1. The molecule has 2 aromatic carbocycles. The van der Waals surface area contributed by atoms with Crippen LogP contribution in [0.1, 0.15) is 20.7 Å². The number of nitrogen functional groups attached to an aromatic ring is 1. The van der Waals surface area contributed by atoms with Gasteiger partial charge in [0.05, 0.1) is 18.4 Å². The van der Waals surface area contributed by atoms with Crippen LogP contribution in [-0.2, 0) is 4.74 Å². The van der Waals surface area contributed by atoms with Gasteiger partial charge in [-0.3, -0.25) is 4.79 Å². The Morgan fingerprint density at radius 1 is 1.10 bits per heavy atom. The molecule has 0 unspecified atom stereocenters. The summed E-state index contributed by atoms with van der Waals surface area (Å²) in [6.07, 6.45) is 0. The van der Waals surface area contributed by atoms with Crippen LogP contribution in [0.4, 0.5) is 15.8 Å². The molecule has 3 N–H and O–H groups in total. The van der Waals surface area contributed by atoms with Gasteiger partial charge in [-0.05, 0) is 42.5 Å². The Kier molecular flexibility index (Phi) is 4.18. The first kappa shape index (κ1) is 14.5. The standard InChI is InChI=1S/C15H13FN2O3/c1-21-15(20)10-4-7-12(16)13(8-10)18-14(19)9-2-5-11(17)6-3-9/h2-8H,17H2,1H3,(H,18,19). The molecule has 2 aromatic rings. The van der Waals surface area contributed by atoms with Crippen LogP contribution in [-0.4, -0.2) is 19.0 Å². The van der Waals surface area contributed by atoms with Crippen molar-refractivity contribution in [2.45, 2.75) is 0 Å². The van der Waals surface area contributed by atoms with Gasteiger partial charge in [0.25, 0.3) is 5.91 Å². The molecule has 0 fully saturated rings. The van der Waals surface area contributed by atoms with Crippen molar-refractivity contribution in [2.75, 3.05) is 18.2 Å². The number of nitrogens with one attached hydrogen (secondary N) is 1. The first-order valence-corrected chi connectivity index (χ1v) is 6.06. The predicted octanol–water partition coefficient (Wildman–Crippen LogP) is 2.45. The number of hydrogen-bond acceptors (Lipinski definition) is 4. The Bertz CT molecular complexity index is 684. The van der Waals surface area contributed by atoms with Crippen molar-refractivity contribution in [3.8, 4) is 0 Å². The van der Waals surface area contributed by atoms with Gasteiger partial charge >= 0.3 is 5.97 Å². The number of methoxy groups -OCH3 is 1. The van der Waals surface area contributed by atoms with Crippen LogP contribution in [0.2, 0.25) is 0 Å². The number of ether oxygens (including phenoxy) is 1. The molecule has 0 aliphatic rings. The van der Waals surface area contributed by atoms with Crippen molar-refractivity contribution in [2.24, 2.45) is 0 Å². The molecule has 6 heteroatoms. The Hall–Kier alpha value is -2.89. The molecular formula is C15H13FN2O3. The van der Waals surface area contributed by atoms with E-state index in [1.54, 1.807) is 12.1 Å². The van der Waals surface area contributed by atoms with Crippen molar-refractivity contribution in [3.05, 3.63) is 59.4 Å². The molecular weight excluding hydrogens is 275 g/mol. The molecule has 0 bridgehead atoms. The minimum atomic E-state index is -0.647. The molecule has 5 nitrogen and oxygen atoms in total. The molecule has 2 rings (SSSR count). The molecule has 0 radical (unpaired) electrons. The Morgan fingerprint density at radius 3 is 2.33 bits per heavy atom. The van der Waals surface area contributed by atoms with Crippen LogP contribution >= 0.6 is 0 Å². The quantitative estimate of drug-likeness (QED) is 0.671. The molecule has 21 heavy (non-hydrogen) atoms. The number of hydrogen-bond donors (Lipinski definition) is 2. The fraction of sp³-hybridized carbons (Fsp3) is 0.0667. The average molecular weight is 288 g/mol. The van der Waals surface area contributed by atoms with Crippen LogP contribution in [0.25, 0.3) is 0 Å². The molecule has 0 saturated carbocycles. The molecule has 0 aliphatic heterocycles. The lowest BCUT2D eigenvalue weighted by molar-refractivity contribution is 0.0600. The SMILES string of the molecule is COC(=O)c1ccc(F)c(NC(=O)c2ccc(N)cc2)c1. The van der Waals surface area contributed by atoms with Crippen molar-refractivity contribution < 1.29 is 18.7 Å². The molecule has 108 valence electrons. The zero-order valence-corrected chi connectivity index (χ0v) is 11.2. The molecule has 0 aromatic heterocycles. The predicted molar refractivity (Wildman–Crippen MR) is 76.5 cm³/mol. The number of benzene rings is 2. The fourth-order valence-corrected chi connectivity index (χ4v) is 1.69. The summed E-state index contributed by atoms with van der Waals surface area (Å²) in [6, 6.07) is 9.76. The minimum absolute atomic E-state index is 0.0975. The van der Waals surface area contributed by atoms with Gasteiger partial charge in [0.15, 0.2) is 0 Å². The van der Waals surface area contributed by atoms with Crippen LogP contribution in [0, 0.1) is 5.82 Å². The summed E-state index contributed by atoms with van der Waals surface area (Å²) in [5, 5.41) is 2.40. The van der Waals surface area contributed by atoms with Crippen LogP contribution in [0.3, 0.4) is 0 Å². The molecule has 0 heterocycles. The van der Waals surface area contributed by atoms with E-state index >= 15 is 0 Å². The number of carbonyl (C=O) groups excluding carboxylic acids is 2. The maximum Gasteiger partial charge on any atom is 0.337 e. The van der Waals surface area contributed by atoms with E-state index in [4.69, 9.17) is 5.73 Å². The molecule has 1 amide bonds. The zero-order chi connectivity index (χ0) is 15.4. The Balaban J connectivity index is 2.24. The second-order valence-corrected chi connectivity index (χ2v) is 4.26. The van der Waals surface area contributed by atoms with Crippen LogP contribution in [0.15, 0.2) is 42.5 Å². The maximum absolute atomic E-state index is 13.7.